The van der Waals surface area contributed by atoms with Gasteiger partial charge in [0.25, 0.3) is 5.91 Å². The van der Waals surface area contributed by atoms with Crippen molar-refractivity contribution < 1.29 is 27.6 Å². The molecule has 3 rings (SSSR count). The molecule has 8 heteroatoms. The largest absolute Gasteiger partial charge is 0.417 e. The van der Waals surface area contributed by atoms with Gasteiger partial charge in [-0.05, 0) is 43.2 Å². The van der Waals surface area contributed by atoms with Gasteiger partial charge in [-0.15, -0.1) is 0 Å². The highest BCUT2D eigenvalue weighted by molar-refractivity contribution is 5.98. The van der Waals surface area contributed by atoms with Crippen LogP contribution in [0.3, 0.4) is 0 Å². The van der Waals surface area contributed by atoms with Crippen LogP contribution in [-0.4, -0.2) is 53.6 Å². The Kier molecular flexibility index (Phi) is 7.01. The standard InChI is InChI=1S/C24H25F3N2O3/c1-16-7-8-18(15-17(16)2)21(30)9-10-22(31)28-11-13-29(14-12-28)23(32)19-5-3-4-6-20(19)24(25,26)27/h3-8,15H,9-14H2,1-2H3. The summed E-state index contributed by atoms with van der Waals surface area (Å²) >= 11 is 0. The SMILES string of the molecule is Cc1ccc(C(=O)CCC(=O)N2CCN(C(=O)c3ccccc3C(F)(F)F)CC2)cc1C. The van der Waals surface area contributed by atoms with Crippen molar-refractivity contribution in [1.29, 1.82) is 0 Å². The van der Waals surface area contributed by atoms with Gasteiger partial charge in [0, 0.05) is 44.6 Å². The minimum atomic E-state index is -4.62. The zero-order valence-electron chi connectivity index (χ0n) is 18.0. The Labute approximate surface area is 184 Å². The van der Waals surface area contributed by atoms with Crippen molar-refractivity contribution in [3.8, 4) is 0 Å². The third kappa shape index (κ3) is 5.36. The Morgan fingerprint density at radius 1 is 0.844 bits per heavy atom. The van der Waals surface area contributed by atoms with Crippen LogP contribution < -0.4 is 0 Å². The van der Waals surface area contributed by atoms with Crippen LogP contribution in [0, 0.1) is 13.8 Å². The highest BCUT2D eigenvalue weighted by Gasteiger charge is 2.36. The quantitative estimate of drug-likeness (QED) is 0.645. The number of carbonyl (C=O) groups excluding carboxylic acids is 3. The number of hydrogen-bond acceptors (Lipinski definition) is 3. The number of benzene rings is 2. The van der Waals surface area contributed by atoms with E-state index < -0.39 is 23.2 Å². The van der Waals surface area contributed by atoms with Gasteiger partial charge >= 0.3 is 6.18 Å². The monoisotopic (exact) mass is 446 g/mol. The van der Waals surface area contributed by atoms with Gasteiger partial charge in [-0.2, -0.15) is 13.2 Å². The molecule has 0 atom stereocenters. The fourth-order valence-electron chi connectivity index (χ4n) is 3.68. The minimum Gasteiger partial charge on any atom is -0.339 e. The normalized spacial score (nSPS) is 14.4. The van der Waals surface area contributed by atoms with Crippen LogP contribution in [0.2, 0.25) is 0 Å². The van der Waals surface area contributed by atoms with Gasteiger partial charge in [0.15, 0.2) is 5.78 Å². The number of alkyl halides is 3. The average Bonchev–Trinajstić information content (AvgIpc) is 2.78. The van der Waals surface area contributed by atoms with Crippen LogP contribution in [0.5, 0.6) is 0 Å². The van der Waals surface area contributed by atoms with E-state index >= 15 is 0 Å². The van der Waals surface area contributed by atoms with E-state index in [-0.39, 0.29) is 50.7 Å². The maximum Gasteiger partial charge on any atom is 0.417 e. The number of hydrogen-bond donors (Lipinski definition) is 0. The van der Waals surface area contributed by atoms with Crippen LogP contribution in [0.15, 0.2) is 42.5 Å². The maximum absolute atomic E-state index is 13.2. The first-order valence-corrected chi connectivity index (χ1v) is 10.4. The lowest BCUT2D eigenvalue weighted by molar-refractivity contribution is -0.138. The third-order valence-corrected chi connectivity index (χ3v) is 5.78. The summed E-state index contributed by atoms with van der Waals surface area (Å²) in [7, 11) is 0. The number of Topliss-reactive ketones (excluding diaryl/α,β-unsaturated/α-hetero) is 1. The summed E-state index contributed by atoms with van der Waals surface area (Å²) in [5.74, 6) is -1.01. The molecular weight excluding hydrogens is 421 g/mol. The second-order valence-electron chi connectivity index (χ2n) is 7.94. The molecule has 0 bridgehead atoms. The fourth-order valence-corrected chi connectivity index (χ4v) is 3.68. The number of ketones is 1. The molecule has 1 aliphatic heterocycles. The summed E-state index contributed by atoms with van der Waals surface area (Å²) in [6, 6.07) is 10.1. The van der Waals surface area contributed by atoms with Crippen LogP contribution >= 0.6 is 0 Å². The van der Waals surface area contributed by atoms with Gasteiger partial charge in [0.05, 0.1) is 11.1 Å². The van der Waals surface area contributed by atoms with Crippen molar-refractivity contribution in [1.82, 2.24) is 9.80 Å². The van der Waals surface area contributed by atoms with E-state index in [2.05, 4.69) is 0 Å². The fraction of sp³-hybridized carbons (Fsp3) is 0.375. The van der Waals surface area contributed by atoms with E-state index in [1.807, 2.05) is 26.0 Å². The number of halogens is 3. The Morgan fingerprint density at radius 2 is 1.47 bits per heavy atom. The first kappa shape index (κ1) is 23.5. The van der Waals surface area contributed by atoms with Crippen molar-refractivity contribution in [2.75, 3.05) is 26.2 Å². The summed E-state index contributed by atoms with van der Waals surface area (Å²) in [6.45, 7) is 4.60. The van der Waals surface area contributed by atoms with Gasteiger partial charge in [-0.1, -0.05) is 24.3 Å². The Hall–Kier alpha value is -3.16. The number of aryl methyl sites for hydroxylation is 2. The highest BCUT2D eigenvalue weighted by Crippen LogP contribution is 2.32. The predicted molar refractivity (Wildman–Crippen MR) is 113 cm³/mol. The summed E-state index contributed by atoms with van der Waals surface area (Å²) in [5.41, 5.74) is 1.31. The molecule has 0 aromatic heterocycles. The molecule has 1 fully saturated rings. The van der Waals surface area contributed by atoms with Gasteiger partial charge in [0.1, 0.15) is 0 Å². The predicted octanol–water partition coefficient (Wildman–Crippen LogP) is 4.27. The Balaban J connectivity index is 1.54. The molecule has 32 heavy (non-hydrogen) atoms. The van der Waals surface area contributed by atoms with E-state index in [9.17, 15) is 27.6 Å². The molecule has 0 N–H and O–H groups in total. The summed E-state index contributed by atoms with van der Waals surface area (Å²) < 4.78 is 39.6. The summed E-state index contributed by atoms with van der Waals surface area (Å²) in [6.07, 6.45) is -4.48. The molecule has 2 aromatic rings. The van der Waals surface area contributed by atoms with E-state index in [1.54, 1.807) is 11.0 Å². The molecule has 170 valence electrons. The third-order valence-electron chi connectivity index (χ3n) is 5.78. The summed E-state index contributed by atoms with van der Waals surface area (Å²) in [5, 5.41) is 0. The molecule has 2 amide bonds. The van der Waals surface area contributed by atoms with Gasteiger partial charge < -0.3 is 9.80 Å². The molecule has 1 saturated heterocycles. The molecule has 5 nitrogen and oxygen atoms in total. The molecule has 1 aliphatic rings. The minimum absolute atomic E-state index is 0.0522. The van der Waals surface area contributed by atoms with Crippen LogP contribution in [0.4, 0.5) is 13.2 Å². The zero-order chi connectivity index (χ0) is 23.5. The zero-order valence-corrected chi connectivity index (χ0v) is 18.0. The first-order valence-electron chi connectivity index (χ1n) is 10.4. The topological polar surface area (TPSA) is 57.7 Å². The Bertz CT molecular complexity index is 1030. The van der Waals surface area contributed by atoms with E-state index in [4.69, 9.17) is 0 Å². The van der Waals surface area contributed by atoms with Gasteiger partial charge in [0.2, 0.25) is 5.91 Å². The van der Waals surface area contributed by atoms with E-state index in [0.717, 1.165) is 17.2 Å². The van der Waals surface area contributed by atoms with Crippen LogP contribution in [0.25, 0.3) is 0 Å². The molecule has 2 aromatic carbocycles. The summed E-state index contributed by atoms with van der Waals surface area (Å²) in [4.78, 5) is 40.4. The van der Waals surface area contributed by atoms with E-state index in [0.29, 0.717) is 5.56 Å². The van der Waals surface area contributed by atoms with Crippen molar-refractivity contribution in [2.45, 2.75) is 32.9 Å². The smallest absolute Gasteiger partial charge is 0.339 e. The molecule has 0 radical (unpaired) electrons. The molecule has 0 unspecified atom stereocenters. The van der Waals surface area contributed by atoms with Crippen molar-refractivity contribution in [3.63, 3.8) is 0 Å². The maximum atomic E-state index is 13.2. The van der Waals surface area contributed by atoms with Crippen molar-refractivity contribution in [2.24, 2.45) is 0 Å². The number of nitrogens with zero attached hydrogens (tertiary/aromatic N) is 2. The number of amides is 2. The molecule has 0 aliphatic carbocycles. The first-order chi connectivity index (χ1) is 15.1. The number of piperazine rings is 1. The van der Waals surface area contributed by atoms with Crippen molar-refractivity contribution >= 4 is 17.6 Å². The molecular formula is C24H25F3N2O3. The lowest BCUT2D eigenvalue weighted by atomic mass is 10.0. The highest BCUT2D eigenvalue weighted by atomic mass is 19.4. The molecule has 1 heterocycles. The van der Waals surface area contributed by atoms with Gasteiger partial charge in [-0.25, -0.2) is 0 Å². The second kappa shape index (κ2) is 9.54. The number of rotatable bonds is 5. The van der Waals surface area contributed by atoms with E-state index in [1.165, 1.54) is 23.1 Å². The lowest BCUT2D eigenvalue weighted by Crippen LogP contribution is -2.50. The Morgan fingerprint density at radius 3 is 2.09 bits per heavy atom. The average molecular weight is 446 g/mol. The number of carbonyl (C=O) groups is 3. The molecule has 0 spiro atoms. The van der Waals surface area contributed by atoms with Crippen molar-refractivity contribution in [3.05, 3.63) is 70.3 Å². The van der Waals surface area contributed by atoms with Crippen LogP contribution in [-0.2, 0) is 11.0 Å². The lowest BCUT2D eigenvalue weighted by Gasteiger charge is -2.35. The second-order valence-corrected chi connectivity index (χ2v) is 7.94. The molecule has 0 saturated carbocycles. The van der Waals surface area contributed by atoms with Crippen LogP contribution in [0.1, 0.15) is 50.2 Å². The van der Waals surface area contributed by atoms with Gasteiger partial charge in [-0.3, -0.25) is 14.4 Å².